The summed E-state index contributed by atoms with van der Waals surface area (Å²) in [6.07, 6.45) is 3.97. The largest absolute Gasteiger partial charge is 0.523 e. The number of ether oxygens (including phenoxy) is 1. The number of nitrogens with zero attached hydrogens (tertiary/aromatic N) is 2. The zero-order valence-corrected chi connectivity index (χ0v) is 15.9. The van der Waals surface area contributed by atoms with Crippen molar-refractivity contribution in [1.82, 2.24) is 9.47 Å². The number of quaternary nitrogens is 1. The van der Waals surface area contributed by atoms with Crippen LogP contribution in [0.25, 0.3) is 5.57 Å². The zero-order chi connectivity index (χ0) is 19.8. The van der Waals surface area contributed by atoms with Crippen molar-refractivity contribution in [1.29, 1.82) is 0 Å². The van der Waals surface area contributed by atoms with Gasteiger partial charge in [-0.05, 0) is 44.5 Å². The van der Waals surface area contributed by atoms with E-state index in [1.807, 2.05) is 26.8 Å². The van der Waals surface area contributed by atoms with Crippen LogP contribution in [0.15, 0.2) is 48.9 Å². The topological polar surface area (TPSA) is 76.5 Å². The van der Waals surface area contributed by atoms with Crippen LogP contribution in [0.1, 0.15) is 31.9 Å². The number of methoxy groups -OCH3 is 1. The fourth-order valence-corrected chi connectivity index (χ4v) is 3.50. The summed E-state index contributed by atoms with van der Waals surface area (Å²) in [5, 5.41) is 10.1. The van der Waals surface area contributed by atoms with Crippen molar-refractivity contribution in [3.8, 4) is 5.75 Å². The Balaban J connectivity index is 2.17. The predicted octanol–water partition coefficient (Wildman–Crippen LogP) is 4.04. The molecule has 2 aromatic rings. The second kappa shape index (κ2) is 6.63. The predicted molar refractivity (Wildman–Crippen MR) is 103 cm³/mol. The summed E-state index contributed by atoms with van der Waals surface area (Å²) in [5.74, 6) is 0.427. The fourth-order valence-electron chi connectivity index (χ4n) is 3.50. The maximum Gasteiger partial charge on any atom is 0.523 e. The monoisotopic (exact) mass is 367 g/mol. The highest BCUT2D eigenvalue weighted by Gasteiger charge is 2.55. The van der Waals surface area contributed by atoms with Gasteiger partial charge in [0.1, 0.15) is 17.5 Å². The van der Waals surface area contributed by atoms with Crippen molar-refractivity contribution in [3.63, 3.8) is 0 Å². The first-order valence-corrected chi connectivity index (χ1v) is 8.67. The number of Topliss-reactive ketones (excluding diaryl/α,β-unsaturated/α-hetero) is 1. The number of amides is 1. The Kier molecular flexibility index (Phi) is 4.61. The van der Waals surface area contributed by atoms with Gasteiger partial charge in [-0.25, -0.2) is 0 Å². The number of ketones is 1. The minimum absolute atomic E-state index is 0.150. The molecule has 0 radical (unpaired) electrons. The average molecular weight is 367 g/mol. The molecular formula is C21H23N2O4+. The molecule has 1 atom stereocenters. The molecule has 1 aliphatic heterocycles. The number of carbonyl (C=O) groups is 2. The molecule has 0 bridgehead atoms. The van der Waals surface area contributed by atoms with Crippen LogP contribution in [0, 0.1) is 0 Å². The Labute approximate surface area is 158 Å². The van der Waals surface area contributed by atoms with E-state index in [0.29, 0.717) is 22.6 Å². The van der Waals surface area contributed by atoms with Gasteiger partial charge in [-0.2, -0.15) is 9.28 Å². The molecule has 0 saturated heterocycles. The first kappa shape index (κ1) is 18.8. The van der Waals surface area contributed by atoms with Crippen molar-refractivity contribution in [3.05, 3.63) is 60.1 Å². The van der Waals surface area contributed by atoms with Crippen LogP contribution in [0.3, 0.4) is 0 Å². The van der Waals surface area contributed by atoms with E-state index in [1.54, 1.807) is 50.0 Å². The third kappa shape index (κ3) is 3.02. The summed E-state index contributed by atoms with van der Waals surface area (Å²) in [7, 11) is 1.54. The summed E-state index contributed by atoms with van der Waals surface area (Å²) in [6.45, 7) is 5.54. The number of carboxylic acid groups (broad SMARTS) is 1. The van der Waals surface area contributed by atoms with Crippen molar-refractivity contribution in [2.24, 2.45) is 0 Å². The maximum absolute atomic E-state index is 13.1. The van der Waals surface area contributed by atoms with Crippen molar-refractivity contribution >= 4 is 23.1 Å². The molecule has 0 spiro atoms. The highest BCUT2D eigenvalue weighted by molar-refractivity contribution is 6.25. The normalized spacial score (nSPS) is 18.6. The van der Waals surface area contributed by atoms with Crippen LogP contribution in [-0.4, -0.2) is 34.6 Å². The standard InChI is InChI=1S/C21H22N2O4/c1-21(2,3)23(20(25)26)13-17(16-11-15(27-4)7-8-18(16)23)19(24)10-14-6-5-9-22-12-14/h5-9,11-13H,10H2,1-4H3/p+1. The first-order chi connectivity index (χ1) is 12.7. The molecule has 1 aromatic heterocycles. The van der Waals surface area contributed by atoms with E-state index < -0.39 is 16.1 Å². The van der Waals surface area contributed by atoms with Gasteiger partial charge in [-0.3, -0.25) is 9.78 Å². The van der Waals surface area contributed by atoms with Crippen molar-refractivity contribution < 1.29 is 19.4 Å². The van der Waals surface area contributed by atoms with E-state index in [2.05, 4.69) is 4.98 Å². The number of aromatic nitrogens is 1. The Hall–Kier alpha value is -2.99. The van der Waals surface area contributed by atoms with Crippen LogP contribution in [0.5, 0.6) is 5.75 Å². The molecule has 1 aromatic carbocycles. The van der Waals surface area contributed by atoms with Gasteiger partial charge in [-0.1, -0.05) is 6.07 Å². The molecule has 6 nitrogen and oxygen atoms in total. The van der Waals surface area contributed by atoms with Gasteiger partial charge in [0, 0.05) is 24.9 Å². The highest BCUT2D eigenvalue weighted by atomic mass is 16.5. The molecule has 0 fully saturated rings. The molecule has 3 rings (SSSR count). The van der Waals surface area contributed by atoms with Gasteiger partial charge in [0.15, 0.2) is 11.5 Å². The molecule has 0 aliphatic carbocycles. The van der Waals surface area contributed by atoms with Crippen molar-refractivity contribution in [2.45, 2.75) is 32.7 Å². The van der Waals surface area contributed by atoms with E-state index >= 15 is 0 Å². The van der Waals surface area contributed by atoms with Crippen LogP contribution in [0.4, 0.5) is 10.5 Å². The summed E-state index contributed by atoms with van der Waals surface area (Å²) in [4.78, 5) is 29.5. The number of rotatable bonds is 4. The maximum atomic E-state index is 13.1. The van der Waals surface area contributed by atoms with Gasteiger partial charge in [-0.15, -0.1) is 0 Å². The molecule has 0 saturated carbocycles. The quantitative estimate of drug-likeness (QED) is 0.826. The van der Waals surface area contributed by atoms with Gasteiger partial charge in [0.2, 0.25) is 0 Å². The van der Waals surface area contributed by atoms with E-state index in [1.165, 1.54) is 0 Å². The molecular weight excluding hydrogens is 344 g/mol. The molecule has 6 heteroatoms. The second-order valence-corrected chi connectivity index (χ2v) is 7.56. The van der Waals surface area contributed by atoms with E-state index in [-0.39, 0.29) is 12.2 Å². The lowest BCUT2D eigenvalue weighted by molar-refractivity contribution is -0.113. The molecule has 27 heavy (non-hydrogen) atoms. The first-order valence-electron chi connectivity index (χ1n) is 8.67. The number of benzene rings is 1. The smallest absolute Gasteiger partial charge is 0.497 e. The van der Waals surface area contributed by atoms with E-state index in [0.717, 1.165) is 5.56 Å². The number of allylic oxidation sites excluding steroid dienone is 1. The van der Waals surface area contributed by atoms with Gasteiger partial charge in [0.25, 0.3) is 0 Å². The lowest BCUT2D eigenvalue weighted by Crippen LogP contribution is -2.60. The Morgan fingerprint density at radius 3 is 2.52 bits per heavy atom. The van der Waals surface area contributed by atoms with Crippen LogP contribution in [0.2, 0.25) is 0 Å². The molecule has 1 amide bonds. The minimum Gasteiger partial charge on any atom is -0.497 e. The summed E-state index contributed by atoms with van der Waals surface area (Å²) >= 11 is 0. The van der Waals surface area contributed by atoms with E-state index in [4.69, 9.17) is 4.74 Å². The van der Waals surface area contributed by atoms with Crippen molar-refractivity contribution in [2.75, 3.05) is 7.11 Å². The number of hydrogen-bond acceptors (Lipinski definition) is 4. The molecule has 1 N–H and O–H groups in total. The number of pyridine rings is 1. The molecule has 1 unspecified atom stereocenters. The Bertz CT molecular complexity index is 929. The fraction of sp³-hybridized carbons (Fsp3) is 0.286. The third-order valence-electron chi connectivity index (χ3n) is 4.94. The number of fused-ring (bicyclic) bond motifs is 1. The number of hydrogen-bond donors (Lipinski definition) is 1. The van der Waals surface area contributed by atoms with Gasteiger partial charge in [0.05, 0.1) is 18.2 Å². The van der Waals surface area contributed by atoms with Crippen LogP contribution >= 0.6 is 0 Å². The van der Waals surface area contributed by atoms with Gasteiger partial charge >= 0.3 is 6.09 Å². The molecule has 2 heterocycles. The summed E-state index contributed by atoms with van der Waals surface area (Å²) < 4.78 is 4.85. The van der Waals surface area contributed by atoms with Crippen LogP contribution < -0.4 is 9.22 Å². The lowest BCUT2D eigenvalue weighted by atomic mass is 9.98. The highest BCUT2D eigenvalue weighted by Crippen LogP contribution is 2.47. The lowest BCUT2D eigenvalue weighted by Gasteiger charge is -2.38. The molecule has 140 valence electrons. The second-order valence-electron chi connectivity index (χ2n) is 7.56. The average Bonchev–Trinajstić information content (AvgIpc) is 2.98. The summed E-state index contributed by atoms with van der Waals surface area (Å²) in [5.41, 5.74) is 1.64. The zero-order valence-electron chi connectivity index (χ0n) is 15.9. The molecule has 1 aliphatic rings. The van der Waals surface area contributed by atoms with Crippen LogP contribution in [-0.2, 0) is 11.2 Å². The Morgan fingerprint density at radius 1 is 1.22 bits per heavy atom. The Morgan fingerprint density at radius 2 is 1.96 bits per heavy atom. The van der Waals surface area contributed by atoms with Gasteiger partial charge < -0.3 is 9.84 Å². The summed E-state index contributed by atoms with van der Waals surface area (Å²) in [6, 6.07) is 8.79. The third-order valence-corrected chi connectivity index (χ3v) is 4.94. The minimum atomic E-state index is -1.03. The SMILES string of the molecule is COc1ccc2c(c1)C(C(=O)Cc1cccnc1)=C[N+]2(C(=O)O)C(C)(C)C. The van der Waals surface area contributed by atoms with E-state index in [9.17, 15) is 14.7 Å². The number of carbonyl (C=O) groups excluding carboxylic acids is 1.